The van der Waals surface area contributed by atoms with Crippen LogP contribution in [0.3, 0.4) is 0 Å². The third kappa shape index (κ3) is 5.66. The molecular weight excluding hydrogens is 509 g/mol. The number of carbonyl (C=O) groups excluding carboxylic acids is 2. The zero-order valence-corrected chi connectivity index (χ0v) is 19.1. The summed E-state index contributed by atoms with van der Waals surface area (Å²) >= 11 is 0. The minimum absolute atomic E-state index is 0.0148. The maximum atomic E-state index is 12.3. The largest absolute Gasteiger partial charge is 0.481 e. The summed E-state index contributed by atoms with van der Waals surface area (Å²) in [6.45, 7) is -0.357. The van der Waals surface area contributed by atoms with Crippen LogP contribution in [0.1, 0.15) is 31.9 Å². The fourth-order valence-electron chi connectivity index (χ4n) is 3.64. The van der Waals surface area contributed by atoms with Crippen LogP contribution in [0.2, 0.25) is 0 Å². The molecule has 0 saturated carbocycles. The summed E-state index contributed by atoms with van der Waals surface area (Å²) in [6.07, 6.45) is -3.99. The van der Waals surface area contributed by atoms with Gasteiger partial charge in [-0.1, -0.05) is 0 Å². The van der Waals surface area contributed by atoms with Crippen molar-refractivity contribution in [3.05, 3.63) is 12.7 Å². The monoisotopic (exact) mass is 529 g/mol. The molecule has 2 aliphatic rings. The molecule has 0 aromatic carbocycles. The van der Waals surface area contributed by atoms with Crippen molar-refractivity contribution in [1.82, 2.24) is 19.5 Å². The van der Waals surface area contributed by atoms with E-state index < -0.39 is 69.0 Å². The van der Waals surface area contributed by atoms with Crippen molar-refractivity contribution in [3.63, 3.8) is 0 Å². The lowest BCUT2D eigenvalue weighted by molar-refractivity contribution is -0.160. The number of aliphatic carboxylic acids is 2. The number of esters is 1. The molecule has 18 heteroatoms. The van der Waals surface area contributed by atoms with Crippen molar-refractivity contribution < 1.29 is 57.4 Å². The number of ether oxygens (including phenoxy) is 2. The normalized spacial score (nSPS) is 27.4. The van der Waals surface area contributed by atoms with Gasteiger partial charge in [0.25, 0.3) is 0 Å². The first-order valence-corrected chi connectivity index (χ1v) is 12.0. The molecule has 4 rings (SSSR count). The summed E-state index contributed by atoms with van der Waals surface area (Å²) in [4.78, 5) is 67.9. The lowest BCUT2D eigenvalue weighted by Gasteiger charge is -2.29. The van der Waals surface area contributed by atoms with E-state index in [2.05, 4.69) is 20.3 Å². The molecule has 2 aromatic heterocycles. The first kappa shape index (κ1) is 25.6. The van der Waals surface area contributed by atoms with Crippen LogP contribution in [0.4, 0.5) is 5.82 Å². The van der Waals surface area contributed by atoms with E-state index in [0.29, 0.717) is 0 Å². The number of carboxylic acid groups (broad SMARTS) is 2. The predicted molar refractivity (Wildman–Crippen MR) is 112 cm³/mol. The molecule has 0 radical (unpaired) electrons. The third-order valence-corrected chi connectivity index (χ3v) is 6.19. The number of phosphoric ester groups is 1. The van der Waals surface area contributed by atoms with Gasteiger partial charge in [0.15, 0.2) is 29.3 Å². The number of rotatable bonds is 9. The van der Waals surface area contributed by atoms with Gasteiger partial charge in [0.2, 0.25) is 5.91 Å². The molecular formula is C18H20N5O12P. The van der Waals surface area contributed by atoms with Crippen molar-refractivity contribution in [2.75, 3.05) is 11.9 Å². The average Bonchev–Trinajstić information content (AvgIpc) is 3.38. The Hall–Kier alpha value is -3.50. The quantitative estimate of drug-likeness (QED) is 0.243. The molecule has 0 aliphatic carbocycles. The molecule has 194 valence electrons. The molecule has 0 bridgehead atoms. The van der Waals surface area contributed by atoms with E-state index in [9.17, 15) is 28.6 Å². The van der Waals surface area contributed by atoms with Gasteiger partial charge in [0, 0.05) is 6.42 Å². The Balaban J connectivity index is 1.62. The highest BCUT2D eigenvalue weighted by Gasteiger charge is 2.55. The number of phosphoric acid groups is 1. The number of nitrogens with one attached hydrogen (secondary N) is 1. The summed E-state index contributed by atoms with van der Waals surface area (Å²) in [6, 6.07) is 0. The van der Waals surface area contributed by atoms with Crippen LogP contribution in [0, 0.1) is 0 Å². The fraction of sp³-hybridized carbons (Fsp3) is 0.500. The number of amides is 1. The Morgan fingerprint density at radius 2 is 1.83 bits per heavy atom. The first-order valence-electron chi connectivity index (χ1n) is 10.5. The van der Waals surface area contributed by atoms with E-state index >= 15 is 0 Å². The van der Waals surface area contributed by atoms with Crippen LogP contribution in [-0.2, 0) is 42.3 Å². The van der Waals surface area contributed by atoms with Crippen LogP contribution in [-0.4, -0.2) is 83.4 Å². The predicted octanol–water partition coefficient (Wildman–Crippen LogP) is -0.181. The number of fused-ring (bicyclic) bond motifs is 2. The lowest BCUT2D eigenvalue weighted by Crippen LogP contribution is -2.41. The molecule has 17 nitrogen and oxygen atoms in total. The van der Waals surface area contributed by atoms with E-state index in [1.807, 2.05) is 0 Å². The van der Waals surface area contributed by atoms with Crippen molar-refractivity contribution in [2.24, 2.45) is 0 Å². The molecule has 1 unspecified atom stereocenters. The molecule has 2 fully saturated rings. The van der Waals surface area contributed by atoms with Gasteiger partial charge >= 0.3 is 25.7 Å². The number of imidazole rings is 1. The first-order chi connectivity index (χ1) is 17.0. The molecule has 4 N–H and O–H groups in total. The molecule has 4 heterocycles. The summed E-state index contributed by atoms with van der Waals surface area (Å²) < 4.78 is 34.5. The van der Waals surface area contributed by atoms with Gasteiger partial charge in [0.05, 0.1) is 32.2 Å². The molecule has 0 spiro atoms. The standard InChI is InChI=1S/C18H20N5O12P/c24-9(1-2-10(25)26)22-16-13-17(20-6-19-16)23(7-21-13)18-15(34-12(29)4-3-11(27)28)14-8(33-18)5-32-36(30,31)35-14/h6-8,14-15,18H,1-5H2,(H,25,26)(H,27,28)(H,30,31)(H,19,20,22,24)/t8-,14+,15+,18-/m1/s1. The number of carboxylic acids is 2. The second kappa shape index (κ2) is 10.2. The van der Waals surface area contributed by atoms with Gasteiger partial charge in [-0.2, -0.15) is 0 Å². The van der Waals surface area contributed by atoms with Gasteiger partial charge in [-0.3, -0.25) is 32.8 Å². The minimum atomic E-state index is -4.46. The van der Waals surface area contributed by atoms with Crippen molar-refractivity contribution >= 4 is 48.6 Å². The Labute approximate surface area is 201 Å². The van der Waals surface area contributed by atoms with Gasteiger partial charge in [-0.05, 0) is 0 Å². The minimum Gasteiger partial charge on any atom is -0.481 e. The Bertz CT molecular complexity index is 1250. The Morgan fingerprint density at radius 3 is 2.56 bits per heavy atom. The highest BCUT2D eigenvalue weighted by Crippen LogP contribution is 2.53. The molecule has 2 aliphatic heterocycles. The lowest BCUT2D eigenvalue weighted by atomic mass is 10.1. The Kier molecular flexibility index (Phi) is 7.28. The zero-order chi connectivity index (χ0) is 26.0. The number of aromatic nitrogens is 4. The average molecular weight is 529 g/mol. The Morgan fingerprint density at radius 1 is 1.11 bits per heavy atom. The van der Waals surface area contributed by atoms with E-state index in [0.717, 1.165) is 6.33 Å². The number of carbonyl (C=O) groups is 4. The highest BCUT2D eigenvalue weighted by atomic mass is 31.2. The number of anilines is 1. The molecule has 1 amide bonds. The van der Waals surface area contributed by atoms with E-state index in [1.54, 1.807) is 0 Å². The zero-order valence-electron chi connectivity index (χ0n) is 18.3. The van der Waals surface area contributed by atoms with Gasteiger partial charge in [-0.25, -0.2) is 19.5 Å². The summed E-state index contributed by atoms with van der Waals surface area (Å²) in [5.41, 5.74) is 0.211. The molecule has 2 aromatic rings. The van der Waals surface area contributed by atoms with E-state index in [-0.39, 0.29) is 36.4 Å². The van der Waals surface area contributed by atoms with Gasteiger partial charge in [0.1, 0.15) is 18.5 Å². The van der Waals surface area contributed by atoms with Crippen molar-refractivity contribution in [2.45, 2.75) is 50.2 Å². The third-order valence-electron chi connectivity index (χ3n) is 5.21. The fourth-order valence-corrected chi connectivity index (χ4v) is 4.59. The highest BCUT2D eigenvalue weighted by molar-refractivity contribution is 7.47. The second-order valence-electron chi connectivity index (χ2n) is 7.74. The van der Waals surface area contributed by atoms with E-state index in [1.165, 1.54) is 10.9 Å². The van der Waals surface area contributed by atoms with Crippen LogP contribution < -0.4 is 5.32 Å². The summed E-state index contributed by atoms with van der Waals surface area (Å²) in [5.74, 6) is -3.92. The summed E-state index contributed by atoms with van der Waals surface area (Å²) in [7, 11) is -4.46. The van der Waals surface area contributed by atoms with Gasteiger partial charge < -0.3 is 29.9 Å². The smallest absolute Gasteiger partial charge is 0.472 e. The topological polar surface area (TPSA) is 239 Å². The second-order valence-corrected chi connectivity index (χ2v) is 9.14. The molecule has 5 atom stereocenters. The van der Waals surface area contributed by atoms with E-state index in [4.69, 9.17) is 28.7 Å². The van der Waals surface area contributed by atoms with Crippen molar-refractivity contribution in [3.8, 4) is 0 Å². The summed E-state index contributed by atoms with van der Waals surface area (Å²) in [5, 5.41) is 20.0. The maximum absolute atomic E-state index is 12.3. The van der Waals surface area contributed by atoms with Crippen LogP contribution in [0.5, 0.6) is 0 Å². The van der Waals surface area contributed by atoms with Gasteiger partial charge in [-0.15, -0.1) is 0 Å². The molecule has 36 heavy (non-hydrogen) atoms. The van der Waals surface area contributed by atoms with Crippen LogP contribution in [0.25, 0.3) is 11.2 Å². The molecule has 2 saturated heterocycles. The van der Waals surface area contributed by atoms with Crippen LogP contribution in [0.15, 0.2) is 12.7 Å². The number of nitrogens with zero attached hydrogens (tertiary/aromatic N) is 4. The SMILES string of the molecule is O=C(O)CCC(=O)Nc1ncnc2c1ncn2[C@@H]1O[C@@H]2COP(=O)(O)O[C@@H]2[C@@H]1OC(=O)CCC(=O)O. The number of hydrogen-bond acceptors (Lipinski definition) is 12. The maximum Gasteiger partial charge on any atom is 0.472 e. The number of hydrogen-bond donors (Lipinski definition) is 4. The van der Waals surface area contributed by atoms with Crippen molar-refractivity contribution in [1.29, 1.82) is 0 Å². The van der Waals surface area contributed by atoms with Crippen LogP contribution >= 0.6 is 7.82 Å².